The summed E-state index contributed by atoms with van der Waals surface area (Å²) in [6.07, 6.45) is 4.88. The average Bonchev–Trinajstić information content (AvgIpc) is 3.53. The molecule has 5 N–H and O–H groups in total. The maximum Gasteiger partial charge on any atom is 0.243 e. The van der Waals surface area contributed by atoms with Crippen LogP contribution in [0.25, 0.3) is 0 Å². The van der Waals surface area contributed by atoms with E-state index in [2.05, 4.69) is 21.3 Å². The van der Waals surface area contributed by atoms with Gasteiger partial charge in [-0.1, -0.05) is 118 Å². The highest BCUT2D eigenvalue weighted by atomic mass is 16.3. The van der Waals surface area contributed by atoms with E-state index < -0.39 is 48.0 Å². The van der Waals surface area contributed by atoms with Crippen LogP contribution in [0.5, 0.6) is 0 Å². The summed E-state index contributed by atoms with van der Waals surface area (Å²) >= 11 is 0. The first kappa shape index (κ1) is 41.9. The molecule has 1 aliphatic rings. The predicted molar refractivity (Wildman–Crippen MR) is 193 cm³/mol. The molecule has 6 atom stereocenters. The van der Waals surface area contributed by atoms with Crippen molar-refractivity contribution in [1.82, 2.24) is 21.3 Å². The molecule has 0 aromatic heterocycles. The average molecular weight is 685 g/mol. The summed E-state index contributed by atoms with van der Waals surface area (Å²) in [5, 5.41) is 23.0. The number of hydrogen-bond donors (Lipinski definition) is 5. The van der Waals surface area contributed by atoms with Crippen LogP contribution in [0.4, 0.5) is 0 Å². The number of Topliss-reactive ketones (excluding diaryl/α,β-unsaturated/α-hetero) is 1. The first-order chi connectivity index (χ1) is 23.1. The molecule has 4 amide bonds. The SMILES string of the molecule is CC[C@H](C)[C@H](NC(=O)C[C@H](O)[C@H](Cc1ccccc1)NC(=O)[C@@H](NC(=O)[C@H](CC(C)C)NC(=O)CC(C)C)C(C)C)C(=O)CC1CCCC1. The molecule has 1 fully saturated rings. The minimum absolute atomic E-state index is 0.0323. The van der Waals surface area contributed by atoms with Crippen LogP contribution in [0, 0.1) is 29.6 Å². The van der Waals surface area contributed by atoms with E-state index in [1.165, 1.54) is 0 Å². The van der Waals surface area contributed by atoms with Crippen LogP contribution >= 0.6 is 0 Å². The summed E-state index contributed by atoms with van der Waals surface area (Å²) in [5.41, 5.74) is 0.853. The number of nitrogens with one attached hydrogen (secondary N) is 4. The van der Waals surface area contributed by atoms with E-state index in [0.717, 1.165) is 37.7 Å². The number of aliphatic hydroxyl groups excluding tert-OH is 1. The highest BCUT2D eigenvalue weighted by molar-refractivity contribution is 5.92. The molecule has 2 rings (SSSR count). The lowest BCUT2D eigenvalue weighted by Crippen LogP contribution is -2.58. The quantitative estimate of drug-likeness (QED) is 0.125. The first-order valence-corrected chi connectivity index (χ1v) is 18.5. The normalized spacial score (nSPS) is 17.2. The van der Waals surface area contributed by atoms with Gasteiger partial charge in [0.1, 0.15) is 12.1 Å². The van der Waals surface area contributed by atoms with E-state index in [0.29, 0.717) is 18.8 Å². The number of aliphatic hydroxyl groups is 1. The molecule has 0 aliphatic heterocycles. The third kappa shape index (κ3) is 15.0. The lowest BCUT2D eigenvalue weighted by atomic mass is 9.89. The molecular weight excluding hydrogens is 620 g/mol. The highest BCUT2D eigenvalue weighted by Crippen LogP contribution is 2.29. The molecule has 0 spiro atoms. The number of ketones is 1. The van der Waals surface area contributed by atoms with Crippen LogP contribution in [0.1, 0.15) is 119 Å². The molecule has 10 nitrogen and oxygen atoms in total. The second kappa shape index (κ2) is 21.1. The van der Waals surface area contributed by atoms with E-state index in [9.17, 15) is 29.1 Å². The van der Waals surface area contributed by atoms with Gasteiger partial charge in [-0.25, -0.2) is 0 Å². The van der Waals surface area contributed by atoms with Gasteiger partial charge < -0.3 is 26.4 Å². The summed E-state index contributed by atoms with van der Waals surface area (Å²) in [7, 11) is 0. The number of amides is 4. The van der Waals surface area contributed by atoms with E-state index >= 15 is 0 Å². The smallest absolute Gasteiger partial charge is 0.243 e. The van der Waals surface area contributed by atoms with Crippen LogP contribution in [0.3, 0.4) is 0 Å². The monoisotopic (exact) mass is 684 g/mol. The van der Waals surface area contributed by atoms with E-state index in [4.69, 9.17) is 0 Å². The Hall–Kier alpha value is -3.27. The zero-order chi connectivity index (χ0) is 36.7. The van der Waals surface area contributed by atoms with Crippen molar-refractivity contribution >= 4 is 29.4 Å². The van der Waals surface area contributed by atoms with Crippen molar-refractivity contribution in [2.45, 2.75) is 150 Å². The van der Waals surface area contributed by atoms with Crippen LogP contribution in [0.15, 0.2) is 30.3 Å². The largest absolute Gasteiger partial charge is 0.390 e. The van der Waals surface area contributed by atoms with Gasteiger partial charge in [0.15, 0.2) is 5.78 Å². The van der Waals surface area contributed by atoms with Crippen LogP contribution < -0.4 is 21.3 Å². The minimum Gasteiger partial charge on any atom is -0.390 e. The van der Waals surface area contributed by atoms with Gasteiger partial charge in [0.25, 0.3) is 0 Å². The first-order valence-electron chi connectivity index (χ1n) is 18.5. The Bertz CT molecular complexity index is 1200. The second-order valence-electron chi connectivity index (χ2n) is 15.4. The third-order valence-electron chi connectivity index (χ3n) is 9.53. The summed E-state index contributed by atoms with van der Waals surface area (Å²) in [5.74, 6) is -1.34. The van der Waals surface area contributed by atoms with E-state index in [1.807, 2.05) is 85.7 Å². The molecule has 276 valence electrons. The predicted octanol–water partition coefficient (Wildman–Crippen LogP) is 4.86. The standard InChI is InChI=1S/C39H64N4O6/c1-9-27(8)37(33(45)22-29-17-13-14-18-29)42-35(47)23-32(44)30(21-28-15-11-10-12-16-28)41-39(49)36(26(6)7)43-38(48)31(19-24(2)3)40-34(46)20-25(4)5/h10-12,15-16,24-27,29-32,36-37,44H,9,13-14,17-23H2,1-8H3,(H,40,46)(H,41,49)(H,42,47)(H,43,48)/t27-,30-,31-,32-,36-,37-/m0/s1. The van der Waals surface area contributed by atoms with Crippen LogP contribution in [-0.2, 0) is 30.4 Å². The van der Waals surface area contributed by atoms with Gasteiger partial charge in [-0.05, 0) is 48.0 Å². The molecule has 0 bridgehead atoms. The fraction of sp³-hybridized carbons (Fsp3) is 0.718. The van der Waals surface area contributed by atoms with E-state index in [-0.39, 0.29) is 54.6 Å². The van der Waals surface area contributed by atoms with Gasteiger partial charge in [0.2, 0.25) is 23.6 Å². The summed E-state index contributed by atoms with van der Waals surface area (Å²) in [4.78, 5) is 66.5. The zero-order valence-electron chi connectivity index (χ0n) is 31.2. The van der Waals surface area contributed by atoms with Crippen molar-refractivity contribution in [1.29, 1.82) is 0 Å². The topological polar surface area (TPSA) is 154 Å². The molecule has 0 heterocycles. The van der Waals surface area contributed by atoms with Gasteiger partial charge in [0.05, 0.1) is 24.6 Å². The molecule has 1 aromatic carbocycles. The Morgan fingerprint density at radius 2 is 1.37 bits per heavy atom. The molecule has 0 unspecified atom stereocenters. The molecule has 0 radical (unpaired) electrons. The number of benzene rings is 1. The molecule has 49 heavy (non-hydrogen) atoms. The molecule has 1 saturated carbocycles. The van der Waals surface area contributed by atoms with Crippen molar-refractivity contribution in [3.8, 4) is 0 Å². The number of hydrogen-bond acceptors (Lipinski definition) is 6. The fourth-order valence-electron chi connectivity index (χ4n) is 6.51. The van der Waals surface area contributed by atoms with Crippen molar-refractivity contribution in [3.05, 3.63) is 35.9 Å². The molecule has 0 saturated heterocycles. The van der Waals surface area contributed by atoms with Gasteiger partial charge in [-0.15, -0.1) is 0 Å². The van der Waals surface area contributed by atoms with Crippen molar-refractivity contribution in [3.63, 3.8) is 0 Å². The van der Waals surface area contributed by atoms with Crippen molar-refractivity contribution in [2.24, 2.45) is 29.6 Å². The second-order valence-corrected chi connectivity index (χ2v) is 15.4. The highest BCUT2D eigenvalue weighted by Gasteiger charge is 2.34. The van der Waals surface area contributed by atoms with Crippen LogP contribution in [0.2, 0.25) is 0 Å². The molecule has 1 aliphatic carbocycles. The van der Waals surface area contributed by atoms with Crippen molar-refractivity contribution in [2.75, 3.05) is 0 Å². The lowest BCUT2D eigenvalue weighted by Gasteiger charge is -2.30. The number of rotatable bonds is 21. The lowest BCUT2D eigenvalue weighted by molar-refractivity contribution is -0.134. The molecular formula is C39H64N4O6. The summed E-state index contributed by atoms with van der Waals surface area (Å²) in [6.45, 7) is 15.4. The van der Waals surface area contributed by atoms with Crippen molar-refractivity contribution < 1.29 is 29.1 Å². The molecule has 10 heteroatoms. The molecule has 1 aromatic rings. The maximum absolute atomic E-state index is 13.8. The van der Waals surface area contributed by atoms with Gasteiger partial charge in [-0.2, -0.15) is 0 Å². The Kier molecular flexibility index (Phi) is 18.0. The van der Waals surface area contributed by atoms with E-state index in [1.54, 1.807) is 0 Å². The number of carbonyl (C=O) groups is 5. The Labute approximate surface area is 294 Å². The fourth-order valence-corrected chi connectivity index (χ4v) is 6.51. The summed E-state index contributed by atoms with van der Waals surface area (Å²) in [6, 6.07) is 6.11. The Balaban J connectivity index is 2.21. The summed E-state index contributed by atoms with van der Waals surface area (Å²) < 4.78 is 0. The van der Waals surface area contributed by atoms with Gasteiger partial charge in [0, 0.05) is 12.8 Å². The third-order valence-corrected chi connectivity index (χ3v) is 9.53. The maximum atomic E-state index is 13.8. The van der Waals surface area contributed by atoms with Crippen LogP contribution in [-0.4, -0.2) is 64.8 Å². The Morgan fingerprint density at radius 3 is 1.92 bits per heavy atom. The van der Waals surface area contributed by atoms with Gasteiger partial charge in [-0.3, -0.25) is 24.0 Å². The zero-order valence-corrected chi connectivity index (χ0v) is 31.2. The number of carbonyl (C=O) groups excluding carboxylic acids is 5. The minimum atomic E-state index is -1.26. The Morgan fingerprint density at radius 1 is 0.755 bits per heavy atom. The van der Waals surface area contributed by atoms with Gasteiger partial charge >= 0.3 is 0 Å².